The Balaban J connectivity index is 2.15. The van der Waals surface area contributed by atoms with Crippen molar-refractivity contribution < 1.29 is 24.2 Å². The molecular weight excluding hydrogens is 314 g/mol. The van der Waals surface area contributed by atoms with Crippen LogP contribution in [0.5, 0.6) is 0 Å². The van der Waals surface area contributed by atoms with E-state index in [9.17, 15) is 14.4 Å². The van der Waals surface area contributed by atoms with Gasteiger partial charge in [-0.15, -0.1) is 0 Å². The van der Waals surface area contributed by atoms with E-state index in [0.29, 0.717) is 0 Å². The molecule has 3 N–H and O–H groups in total. The first-order chi connectivity index (χ1) is 11.6. The predicted octanol–water partition coefficient (Wildman–Crippen LogP) is -0.243. The Morgan fingerprint density at radius 2 is 1.96 bits per heavy atom. The summed E-state index contributed by atoms with van der Waals surface area (Å²) < 4.78 is 4.33. The van der Waals surface area contributed by atoms with Crippen LogP contribution in [-0.2, 0) is 19.1 Å². The van der Waals surface area contributed by atoms with Crippen LogP contribution >= 0.6 is 0 Å². The molecule has 0 aromatic carbocycles. The highest BCUT2D eigenvalue weighted by molar-refractivity contribution is 5.83. The van der Waals surface area contributed by atoms with Gasteiger partial charge in [0, 0.05) is 19.5 Å². The van der Waals surface area contributed by atoms with Gasteiger partial charge in [-0.3, -0.25) is 19.3 Å². The van der Waals surface area contributed by atoms with E-state index in [-0.39, 0.29) is 43.8 Å². The molecule has 0 aliphatic carbocycles. The molecule has 1 heterocycles. The molecule has 8 heteroatoms. The van der Waals surface area contributed by atoms with Gasteiger partial charge in [0.25, 0.3) is 0 Å². The van der Waals surface area contributed by atoms with Crippen molar-refractivity contribution in [2.75, 3.05) is 33.0 Å². The van der Waals surface area contributed by atoms with Crippen LogP contribution in [0.2, 0.25) is 0 Å². The Bertz CT molecular complexity index is 417. The third kappa shape index (κ3) is 7.74. The van der Waals surface area contributed by atoms with Crippen LogP contribution in [0.3, 0.4) is 0 Å². The van der Waals surface area contributed by atoms with E-state index in [1.54, 1.807) is 0 Å². The molecule has 2 amide bonds. The highest BCUT2D eigenvalue weighted by Crippen LogP contribution is 2.17. The number of rotatable bonds is 11. The summed E-state index contributed by atoms with van der Waals surface area (Å²) in [6.45, 7) is 3.81. The van der Waals surface area contributed by atoms with Crippen molar-refractivity contribution in [3.05, 3.63) is 0 Å². The number of hydrogen-bond acceptors (Lipinski definition) is 6. The standard InChI is InChI=1S/C16H29N3O5/c1-2-3-10-19-11-4-5-13(19)16(23)18-8-6-14(21)17-9-7-15(22)24-12-20/h13,20H,2-12H2,1H3,(H,17,21)(H,18,23). The molecule has 1 saturated heterocycles. The molecule has 1 unspecified atom stereocenters. The maximum absolute atomic E-state index is 12.2. The number of nitrogens with zero attached hydrogens (tertiary/aromatic N) is 1. The van der Waals surface area contributed by atoms with E-state index in [0.717, 1.165) is 38.8 Å². The van der Waals surface area contributed by atoms with Gasteiger partial charge in [0.15, 0.2) is 6.79 Å². The van der Waals surface area contributed by atoms with Gasteiger partial charge in [0.2, 0.25) is 11.8 Å². The summed E-state index contributed by atoms with van der Waals surface area (Å²) in [4.78, 5) is 37.0. The number of esters is 1. The SMILES string of the molecule is CCCCN1CCCC1C(=O)NCCC(=O)NCCC(=O)OCO. The van der Waals surface area contributed by atoms with E-state index in [2.05, 4.69) is 27.2 Å². The van der Waals surface area contributed by atoms with Crippen molar-refractivity contribution in [1.29, 1.82) is 0 Å². The number of carbonyl (C=O) groups is 3. The van der Waals surface area contributed by atoms with Gasteiger partial charge < -0.3 is 20.5 Å². The summed E-state index contributed by atoms with van der Waals surface area (Å²) in [5.41, 5.74) is 0. The summed E-state index contributed by atoms with van der Waals surface area (Å²) in [7, 11) is 0. The Kier molecular flexibility index (Phi) is 10.0. The lowest BCUT2D eigenvalue weighted by Crippen LogP contribution is -2.44. The van der Waals surface area contributed by atoms with Gasteiger partial charge in [0.1, 0.15) is 0 Å². The molecule has 0 bridgehead atoms. The van der Waals surface area contributed by atoms with Crippen molar-refractivity contribution in [1.82, 2.24) is 15.5 Å². The molecule has 1 aliphatic rings. The van der Waals surface area contributed by atoms with Gasteiger partial charge in [0.05, 0.1) is 12.5 Å². The number of unbranched alkanes of at least 4 members (excludes halogenated alkanes) is 1. The van der Waals surface area contributed by atoms with Crippen LogP contribution in [0.15, 0.2) is 0 Å². The monoisotopic (exact) mass is 343 g/mol. The van der Waals surface area contributed by atoms with Gasteiger partial charge in [-0.25, -0.2) is 0 Å². The lowest BCUT2D eigenvalue weighted by Gasteiger charge is -2.23. The van der Waals surface area contributed by atoms with E-state index in [4.69, 9.17) is 5.11 Å². The van der Waals surface area contributed by atoms with Crippen molar-refractivity contribution in [3.8, 4) is 0 Å². The number of aliphatic hydroxyl groups excluding tert-OH is 1. The van der Waals surface area contributed by atoms with Crippen LogP contribution in [0, 0.1) is 0 Å². The maximum Gasteiger partial charge on any atom is 0.309 e. The highest BCUT2D eigenvalue weighted by Gasteiger charge is 2.29. The summed E-state index contributed by atoms with van der Waals surface area (Å²) in [5, 5.41) is 13.8. The minimum Gasteiger partial charge on any atom is -0.439 e. The molecule has 0 spiro atoms. The first kappa shape index (κ1) is 20.4. The molecule has 0 aromatic rings. The average Bonchev–Trinajstić information content (AvgIpc) is 3.01. The summed E-state index contributed by atoms with van der Waals surface area (Å²) in [6.07, 6.45) is 4.28. The highest BCUT2D eigenvalue weighted by atomic mass is 16.6. The fraction of sp³-hybridized carbons (Fsp3) is 0.812. The average molecular weight is 343 g/mol. The normalized spacial score (nSPS) is 17.5. The first-order valence-electron chi connectivity index (χ1n) is 8.63. The maximum atomic E-state index is 12.2. The summed E-state index contributed by atoms with van der Waals surface area (Å²) in [5.74, 6) is -0.816. The Labute approximate surface area is 142 Å². The number of ether oxygens (including phenoxy) is 1. The third-order valence-electron chi connectivity index (χ3n) is 3.99. The molecule has 138 valence electrons. The van der Waals surface area contributed by atoms with Crippen LogP contribution in [0.1, 0.15) is 45.4 Å². The van der Waals surface area contributed by atoms with Gasteiger partial charge in [-0.2, -0.15) is 0 Å². The Hall–Kier alpha value is -1.67. The largest absolute Gasteiger partial charge is 0.439 e. The Morgan fingerprint density at radius 3 is 2.67 bits per heavy atom. The van der Waals surface area contributed by atoms with Gasteiger partial charge in [-0.05, 0) is 32.4 Å². The van der Waals surface area contributed by atoms with Crippen LogP contribution < -0.4 is 10.6 Å². The number of aliphatic hydroxyl groups is 1. The molecule has 24 heavy (non-hydrogen) atoms. The quantitative estimate of drug-likeness (QED) is 0.353. The molecule has 1 fully saturated rings. The van der Waals surface area contributed by atoms with Gasteiger partial charge >= 0.3 is 5.97 Å². The third-order valence-corrected chi connectivity index (χ3v) is 3.99. The van der Waals surface area contributed by atoms with E-state index < -0.39 is 12.8 Å². The summed E-state index contributed by atoms with van der Waals surface area (Å²) >= 11 is 0. The molecule has 0 aromatic heterocycles. The molecule has 1 aliphatic heterocycles. The molecule has 8 nitrogen and oxygen atoms in total. The second-order valence-corrected chi connectivity index (χ2v) is 5.83. The smallest absolute Gasteiger partial charge is 0.309 e. The number of likely N-dealkylation sites (tertiary alicyclic amines) is 1. The number of amides is 2. The predicted molar refractivity (Wildman–Crippen MR) is 87.9 cm³/mol. The lowest BCUT2D eigenvalue weighted by atomic mass is 10.2. The van der Waals surface area contributed by atoms with Gasteiger partial charge in [-0.1, -0.05) is 13.3 Å². The molecule has 0 radical (unpaired) electrons. The molecular formula is C16H29N3O5. The van der Waals surface area contributed by atoms with Crippen molar-refractivity contribution >= 4 is 17.8 Å². The fourth-order valence-corrected chi connectivity index (χ4v) is 2.71. The van der Waals surface area contributed by atoms with E-state index >= 15 is 0 Å². The molecule has 1 atom stereocenters. The van der Waals surface area contributed by atoms with Crippen LogP contribution in [-0.4, -0.2) is 66.8 Å². The Morgan fingerprint density at radius 1 is 1.21 bits per heavy atom. The first-order valence-corrected chi connectivity index (χ1v) is 8.63. The molecule has 1 rings (SSSR count). The van der Waals surface area contributed by atoms with Crippen molar-refractivity contribution in [2.45, 2.75) is 51.5 Å². The fourth-order valence-electron chi connectivity index (χ4n) is 2.71. The molecule has 0 saturated carbocycles. The zero-order chi connectivity index (χ0) is 17.8. The minimum atomic E-state index is -0.657. The zero-order valence-corrected chi connectivity index (χ0v) is 14.4. The van der Waals surface area contributed by atoms with E-state index in [1.165, 1.54) is 0 Å². The van der Waals surface area contributed by atoms with Crippen molar-refractivity contribution in [3.63, 3.8) is 0 Å². The van der Waals surface area contributed by atoms with E-state index in [1.807, 2.05) is 0 Å². The topological polar surface area (TPSA) is 108 Å². The zero-order valence-electron chi connectivity index (χ0n) is 14.4. The summed E-state index contributed by atoms with van der Waals surface area (Å²) in [6, 6.07) is -0.0761. The minimum absolute atomic E-state index is 0.00707. The number of carbonyl (C=O) groups excluding carboxylic acids is 3. The second kappa shape index (κ2) is 11.8. The van der Waals surface area contributed by atoms with Crippen molar-refractivity contribution in [2.24, 2.45) is 0 Å². The second-order valence-electron chi connectivity index (χ2n) is 5.83. The number of nitrogens with one attached hydrogen (secondary N) is 2. The number of hydrogen-bond donors (Lipinski definition) is 3. The lowest BCUT2D eigenvalue weighted by molar-refractivity contribution is -0.151. The van der Waals surface area contributed by atoms with Crippen LogP contribution in [0.25, 0.3) is 0 Å². The van der Waals surface area contributed by atoms with Crippen LogP contribution in [0.4, 0.5) is 0 Å².